The third kappa shape index (κ3) is 5.40. The Hall–Kier alpha value is -0.940. The van der Waals surface area contributed by atoms with Crippen molar-refractivity contribution in [1.82, 2.24) is 0 Å². The smallest absolute Gasteiger partial charge is 0.320 e. The molecule has 0 saturated heterocycles. The predicted molar refractivity (Wildman–Crippen MR) is 86.2 cm³/mol. The molecule has 0 amide bonds. The normalized spacial score (nSPS) is 13.3. The van der Waals surface area contributed by atoms with Gasteiger partial charge in [-0.05, 0) is 38.8 Å². The first-order valence-electron chi connectivity index (χ1n) is 6.65. The summed E-state index contributed by atoms with van der Waals surface area (Å²) in [6, 6.07) is 2.60. The molecule has 1 aromatic carbocycles. The van der Waals surface area contributed by atoms with Gasteiger partial charge in [-0.25, -0.2) is 4.39 Å². The Kier molecular flexibility index (Phi) is 5.93. The summed E-state index contributed by atoms with van der Waals surface area (Å²) in [5.74, 6) is -0.851. The second-order valence-corrected chi connectivity index (χ2v) is 7.71. The van der Waals surface area contributed by atoms with E-state index in [9.17, 15) is 9.18 Å². The van der Waals surface area contributed by atoms with Crippen LogP contribution in [0.4, 0.5) is 10.1 Å². The molecule has 0 aliphatic carbocycles. The van der Waals surface area contributed by atoms with Crippen LogP contribution in [0.25, 0.3) is 0 Å². The number of hydrogen-bond donors (Lipinski definition) is 1. The molecule has 6 heteroatoms. The van der Waals surface area contributed by atoms with E-state index in [0.29, 0.717) is 4.90 Å². The van der Waals surface area contributed by atoms with Crippen LogP contribution in [0, 0.1) is 11.7 Å². The molecular weight excluding hydrogens is 313 g/mol. The van der Waals surface area contributed by atoms with Crippen molar-refractivity contribution in [3.8, 4) is 0 Å². The number of benzene rings is 1. The zero-order valence-electron chi connectivity index (χ0n) is 12.9. The van der Waals surface area contributed by atoms with Gasteiger partial charge in [-0.2, -0.15) is 0 Å². The van der Waals surface area contributed by atoms with Crippen LogP contribution in [-0.4, -0.2) is 16.8 Å². The number of halogens is 2. The third-order valence-electron chi connectivity index (χ3n) is 2.55. The Morgan fingerprint density at radius 1 is 1.38 bits per heavy atom. The number of rotatable bonds is 4. The Bertz CT molecular complexity index is 529. The van der Waals surface area contributed by atoms with E-state index < -0.39 is 16.7 Å². The quantitative estimate of drug-likeness (QED) is 0.500. The summed E-state index contributed by atoms with van der Waals surface area (Å²) < 4.78 is 18.7. The van der Waals surface area contributed by atoms with Gasteiger partial charge in [-0.1, -0.05) is 25.4 Å². The van der Waals surface area contributed by atoms with E-state index in [0.717, 1.165) is 6.07 Å². The topological polar surface area (TPSA) is 52.3 Å². The van der Waals surface area contributed by atoms with Gasteiger partial charge < -0.3 is 10.5 Å². The van der Waals surface area contributed by atoms with Crippen LogP contribution in [-0.2, 0) is 9.53 Å². The molecule has 1 rings (SSSR count). The minimum atomic E-state index is -0.567. The molecule has 1 unspecified atom stereocenters. The zero-order valence-corrected chi connectivity index (χ0v) is 14.4. The van der Waals surface area contributed by atoms with E-state index >= 15 is 0 Å². The molecule has 1 aromatic rings. The van der Waals surface area contributed by atoms with E-state index in [1.54, 1.807) is 0 Å². The van der Waals surface area contributed by atoms with Crippen LogP contribution < -0.4 is 5.73 Å². The Labute approximate surface area is 134 Å². The number of esters is 1. The molecule has 2 N–H and O–H groups in total. The highest BCUT2D eigenvalue weighted by atomic mass is 35.5. The van der Waals surface area contributed by atoms with E-state index in [4.69, 9.17) is 22.1 Å². The number of thioether (sulfide) groups is 1. The average Bonchev–Trinajstić information content (AvgIpc) is 2.29. The SMILES string of the molecule is CC(C)C(Sc1cc(N)c(F)cc1Cl)C(=O)OC(C)(C)C. The van der Waals surface area contributed by atoms with Crippen molar-refractivity contribution in [1.29, 1.82) is 0 Å². The lowest BCUT2D eigenvalue weighted by atomic mass is 10.1. The van der Waals surface area contributed by atoms with Gasteiger partial charge in [0, 0.05) is 4.90 Å². The molecule has 21 heavy (non-hydrogen) atoms. The molecule has 1 atom stereocenters. The first-order valence-corrected chi connectivity index (χ1v) is 7.91. The monoisotopic (exact) mass is 333 g/mol. The average molecular weight is 334 g/mol. The highest BCUT2D eigenvalue weighted by molar-refractivity contribution is 8.00. The molecule has 0 fully saturated rings. The van der Waals surface area contributed by atoms with Gasteiger partial charge in [-0.15, -0.1) is 11.8 Å². The van der Waals surface area contributed by atoms with Crippen LogP contribution in [0.2, 0.25) is 5.02 Å². The molecule has 0 aliphatic rings. The first kappa shape index (κ1) is 18.1. The molecule has 0 saturated carbocycles. The highest BCUT2D eigenvalue weighted by Gasteiger charge is 2.29. The first-order chi connectivity index (χ1) is 9.51. The summed E-state index contributed by atoms with van der Waals surface area (Å²) in [6.45, 7) is 9.28. The second-order valence-electron chi connectivity index (χ2n) is 6.12. The third-order valence-corrected chi connectivity index (χ3v) is 4.56. The minimum absolute atomic E-state index is 0.00796. The van der Waals surface area contributed by atoms with Crippen molar-refractivity contribution in [2.75, 3.05) is 5.73 Å². The maximum Gasteiger partial charge on any atom is 0.320 e. The van der Waals surface area contributed by atoms with Gasteiger partial charge in [0.1, 0.15) is 16.7 Å². The van der Waals surface area contributed by atoms with Crippen molar-refractivity contribution in [2.24, 2.45) is 5.92 Å². The number of nitrogen functional groups attached to an aromatic ring is 1. The van der Waals surface area contributed by atoms with Gasteiger partial charge >= 0.3 is 5.97 Å². The minimum Gasteiger partial charge on any atom is -0.459 e. The fraction of sp³-hybridized carbons (Fsp3) is 0.533. The number of nitrogens with two attached hydrogens (primary N) is 1. The summed E-state index contributed by atoms with van der Waals surface area (Å²) in [5.41, 5.74) is 5.00. The number of ether oxygens (including phenoxy) is 1. The maximum absolute atomic E-state index is 13.3. The van der Waals surface area contributed by atoms with Crippen molar-refractivity contribution in [2.45, 2.75) is 50.4 Å². The number of hydrogen-bond acceptors (Lipinski definition) is 4. The van der Waals surface area contributed by atoms with Crippen molar-refractivity contribution in [3.63, 3.8) is 0 Å². The van der Waals surface area contributed by atoms with Crippen LogP contribution in [0.5, 0.6) is 0 Å². The van der Waals surface area contributed by atoms with Crippen molar-refractivity contribution < 1.29 is 13.9 Å². The van der Waals surface area contributed by atoms with Crippen LogP contribution >= 0.6 is 23.4 Å². The molecule has 0 heterocycles. The number of anilines is 1. The van der Waals surface area contributed by atoms with E-state index in [1.807, 2.05) is 34.6 Å². The molecule has 0 bridgehead atoms. The summed E-state index contributed by atoms with van der Waals surface area (Å²) in [7, 11) is 0. The standard InChI is InChI=1S/C15H21ClFNO2S/c1-8(2)13(14(19)20-15(3,4)5)21-12-7-11(18)10(17)6-9(12)16/h6-8,13H,18H2,1-5H3. The zero-order chi connectivity index (χ0) is 16.4. The lowest BCUT2D eigenvalue weighted by Crippen LogP contribution is -2.32. The van der Waals surface area contributed by atoms with Gasteiger partial charge in [0.2, 0.25) is 0 Å². The lowest BCUT2D eigenvalue weighted by molar-refractivity contribution is -0.154. The number of carbonyl (C=O) groups excluding carboxylic acids is 1. The van der Waals surface area contributed by atoms with Crippen molar-refractivity contribution in [3.05, 3.63) is 23.0 Å². The molecule has 0 radical (unpaired) electrons. The largest absolute Gasteiger partial charge is 0.459 e. The van der Waals surface area contributed by atoms with Crippen LogP contribution in [0.3, 0.4) is 0 Å². The summed E-state index contributed by atoms with van der Waals surface area (Å²) in [5, 5.41) is -0.201. The Morgan fingerprint density at radius 3 is 2.43 bits per heavy atom. The van der Waals surface area contributed by atoms with Gasteiger partial charge in [0.15, 0.2) is 0 Å². The molecule has 0 spiro atoms. The van der Waals surface area contributed by atoms with Crippen LogP contribution in [0.15, 0.2) is 17.0 Å². The van der Waals surface area contributed by atoms with Gasteiger partial charge in [0.25, 0.3) is 0 Å². The molecule has 3 nitrogen and oxygen atoms in total. The summed E-state index contributed by atoms with van der Waals surface area (Å²) in [4.78, 5) is 12.8. The van der Waals surface area contributed by atoms with E-state index in [-0.39, 0.29) is 22.6 Å². The van der Waals surface area contributed by atoms with E-state index in [2.05, 4.69) is 0 Å². The fourth-order valence-electron chi connectivity index (χ4n) is 1.59. The maximum atomic E-state index is 13.3. The highest BCUT2D eigenvalue weighted by Crippen LogP contribution is 2.36. The van der Waals surface area contributed by atoms with Gasteiger partial charge in [-0.3, -0.25) is 4.79 Å². The fourth-order valence-corrected chi connectivity index (χ4v) is 2.93. The van der Waals surface area contributed by atoms with Crippen molar-refractivity contribution >= 4 is 35.0 Å². The number of carbonyl (C=O) groups is 1. The van der Waals surface area contributed by atoms with Gasteiger partial charge in [0.05, 0.1) is 10.7 Å². The second kappa shape index (κ2) is 6.88. The molecule has 118 valence electrons. The molecule has 0 aliphatic heterocycles. The Morgan fingerprint density at radius 2 is 1.95 bits per heavy atom. The van der Waals surface area contributed by atoms with E-state index in [1.165, 1.54) is 17.8 Å². The predicted octanol–water partition coefficient (Wildman–Crippen LogP) is 4.52. The molecule has 0 aromatic heterocycles. The summed E-state index contributed by atoms with van der Waals surface area (Å²) >= 11 is 7.26. The Balaban J connectivity index is 2.99. The summed E-state index contributed by atoms with van der Waals surface area (Å²) in [6.07, 6.45) is 0. The van der Waals surface area contributed by atoms with Crippen LogP contribution in [0.1, 0.15) is 34.6 Å². The molecular formula is C15H21ClFNO2S. The lowest BCUT2D eigenvalue weighted by Gasteiger charge is -2.25.